The van der Waals surface area contributed by atoms with E-state index in [-0.39, 0.29) is 16.8 Å². The van der Waals surface area contributed by atoms with E-state index in [0.717, 1.165) is 5.56 Å². The van der Waals surface area contributed by atoms with Gasteiger partial charge in [-0.15, -0.1) is 0 Å². The minimum absolute atomic E-state index is 0.0167. The number of halogens is 4. The third-order valence-corrected chi connectivity index (χ3v) is 3.33. The van der Waals surface area contributed by atoms with Crippen LogP contribution in [-0.4, -0.2) is 23.0 Å². The summed E-state index contributed by atoms with van der Waals surface area (Å²) in [6, 6.07) is 5.89. The standard InChI is InChI=1S/C14H13ClF3N3O2/c1-8(20-11-6-19-21-13(22)12(11)15)9-2-4-10(5-3-9)23-7-14(16,17)18/h2-6,8H,7H2,1H3,(H2,20,21,22). The van der Waals surface area contributed by atoms with Crippen molar-refractivity contribution in [2.24, 2.45) is 0 Å². The number of H-pyrrole nitrogens is 1. The molecule has 0 aliphatic carbocycles. The number of hydrogen-bond acceptors (Lipinski definition) is 4. The Bertz CT molecular complexity index is 716. The Morgan fingerprint density at radius 1 is 1.35 bits per heavy atom. The highest BCUT2D eigenvalue weighted by atomic mass is 35.5. The Morgan fingerprint density at radius 2 is 2.00 bits per heavy atom. The van der Waals surface area contributed by atoms with Gasteiger partial charge in [0.2, 0.25) is 0 Å². The molecule has 0 fully saturated rings. The zero-order valence-electron chi connectivity index (χ0n) is 11.9. The Hall–Kier alpha value is -2.22. The average Bonchev–Trinajstić information content (AvgIpc) is 2.49. The number of alkyl halides is 3. The molecule has 23 heavy (non-hydrogen) atoms. The van der Waals surface area contributed by atoms with Crippen molar-refractivity contribution in [3.8, 4) is 5.75 Å². The van der Waals surface area contributed by atoms with Crippen molar-refractivity contribution >= 4 is 17.3 Å². The van der Waals surface area contributed by atoms with Crippen LogP contribution in [0.25, 0.3) is 0 Å². The van der Waals surface area contributed by atoms with Crippen LogP contribution >= 0.6 is 11.6 Å². The van der Waals surface area contributed by atoms with Crippen LogP contribution in [0.5, 0.6) is 5.75 Å². The summed E-state index contributed by atoms with van der Waals surface area (Å²) >= 11 is 5.86. The molecule has 0 radical (unpaired) electrons. The molecule has 9 heteroatoms. The highest BCUT2D eigenvalue weighted by Crippen LogP contribution is 2.25. The van der Waals surface area contributed by atoms with Crippen LogP contribution in [0.2, 0.25) is 5.02 Å². The summed E-state index contributed by atoms with van der Waals surface area (Å²) in [6.45, 7) is 0.470. The van der Waals surface area contributed by atoms with E-state index in [2.05, 4.69) is 20.3 Å². The Balaban J connectivity index is 2.04. The number of anilines is 1. The predicted octanol–water partition coefficient (Wildman–Crippen LogP) is 3.54. The minimum atomic E-state index is -4.38. The molecule has 1 aromatic heterocycles. The topological polar surface area (TPSA) is 67.0 Å². The quantitative estimate of drug-likeness (QED) is 0.868. The molecule has 0 saturated carbocycles. The van der Waals surface area contributed by atoms with E-state index in [0.29, 0.717) is 5.69 Å². The summed E-state index contributed by atoms with van der Waals surface area (Å²) in [5.41, 5.74) is 0.626. The molecular weight excluding hydrogens is 335 g/mol. The summed E-state index contributed by atoms with van der Waals surface area (Å²) in [6.07, 6.45) is -3.00. The number of aromatic nitrogens is 2. The highest BCUT2D eigenvalue weighted by molar-refractivity contribution is 6.32. The largest absolute Gasteiger partial charge is 0.484 e. The van der Waals surface area contributed by atoms with Crippen LogP contribution < -0.4 is 15.6 Å². The second-order valence-electron chi connectivity index (χ2n) is 4.77. The van der Waals surface area contributed by atoms with Crippen LogP contribution in [-0.2, 0) is 0 Å². The lowest BCUT2D eigenvalue weighted by molar-refractivity contribution is -0.153. The van der Waals surface area contributed by atoms with Gasteiger partial charge in [0.1, 0.15) is 10.8 Å². The summed E-state index contributed by atoms with van der Waals surface area (Å²) in [4.78, 5) is 11.4. The molecule has 0 amide bonds. The van der Waals surface area contributed by atoms with E-state index in [1.54, 1.807) is 12.1 Å². The number of aromatic amines is 1. The first-order valence-corrected chi connectivity index (χ1v) is 6.93. The molecule has 2 aromatic rings. The molecule has 1 atom stereocenters. The minimum Gasteiger partial charge on any atom is -0.484 e. The molecule has 0 saturated heterocycles. The summed E-state index contributed by atoms with van der Waals surface area (Å²) in [5, 5.41) is 8.83. The Kier molecular flexibility index (Phi) is 5.15. The van der Waals surface area contributed by atoms with Gasteiger partial charge >= 0.3 is 6.18 Å². The second kappa shape index (κ2) is 6.91. The molecule has 0 bridgehead atoms. The van der Waals surface area contributed by atoms with Gasteiger partial charge in [-0.1, -0.05) is 23.7 Å². The first-order chi connectivity index (χ1) is 10.8. The lowest BCUT2D eigenvalue weighted by Gasteiger charge is -2.16. The van der Waals surface area contributed by atoms with Crippen LogP contribution in [0.3, 0.4) is 0 Å². The zero-order valence-corrected chi connectivity index (χ0v) is 12.7. The molecule has 5 nitrogen and oxygen atoms in total. The van der Waals surface area contributed by atoms with E-state index >= 15 is 0 Å². The van der Waals surface area contributed by atoms with E-state index in [9.17, 15) is 18.0 Å². The molecule has 0 aliphatic rings. The van der Waals surface area contributed by atoms with Gasteiger partial charge in [-0.25, -0.2) is 5.10 Å². The number of nitrogens with one attached hydrogen (secondary N) is 2. The van der Waals surface area contributed by atoms with Crippen LogP contribution in [0.15, 0.2) is 35.3 Å². The maximum Gasteiger partial charge on any atom is 0.422 e. The summed E-state index contributed by atoms with van der Waals surface area (Å²) in [7, 11) is 0. The monoisotopic (exact) mass is 347 g/mol. The first-order valence-electron chi connectivity index (χ1n) is 6.55. The van der Waals surface area contributed by atoms with Crippen molar-refractivity contribution in [3.05, 3.63) is 51.4 Å². The maximum atomic E-state index is 12.1. The molecule has 2 N–H and O–H groups in total. The fraction of sp³-hybridized carbons (Fsp3) is 0.286. The molecule has 0 aliphatic heterocycles. The number of rotatable bonds is 5. The Morgan fingerprint density at radius 3 is 2.61 bits per heavy atom. The number of ether oxygens (including phenoxy) is 1. The normalized spacial score (nSPS) is 12.7. The fourth-order valence-corrected chi connectivity index (χ4v) is 1.96. The SMILES string of the molecule is CC(Nc1cn[nH]c(=O)c1Cl)c1ccc(OCC(F)(F)F)cc1. The Labute approximate surface area is 134 Å². The number of hydrogen-bond donors (Lipinski definition) is 2. The zero-order chi connectivity index (χ0) is 17.0. The van der Waals surface area contributed by atoms with Gasteiger partial charge in [0.15, 0.2) is 6.61 Å². The van der Waals surface area contributed by atoms with E-state index < -0.39 is 18.3 Å². The van der Waals surface area contributed by atoms with Gasteiger partial charge in [-0.05, 0) is 24.6 Å². The number of benzene rings is 1. The van der Waals surface area contributed by atoms with Crippen LogP contribution in [0, 0.1) is 0 Å². The fourth-order valence-electron chi connectivity index (χ4n) is 1.82. The van der Waals surface area contributed by atoms with Gasteiger partial charge in [0.25, 0.3) is 5.56 Å². The highest BCUT2D eigenvalue weighted by Gasteiger charge is 2.28. The molecule has 1 heterocycles. The first kappa shape index (κ1) is 17.1. The molecule has 1 unspecified atom stereocenters. The van der Waals surface area contributed by atoms with Crippen molar-refractivity contribution in [3.63, 3.8) is 0 Å². The van der Waals surface area contributed by atoms with Crippen LogP contribution in [0.1, 0.15) is 18.5 Å². The van der Waals surface area contributed by atoms with Gasteiger partial charge in [-0.2, -0.15) is 18.3 Å². The number of nitrogens with zero attached hydrogens (tertiary/aromatic N) is 1. The maximum absolute atomic E-state index is 12.1. The third-order valence-electron chi connectivity index (χ3n) is 2.95. The lowest BCUT2D eigenvalue weighted by Crippen LogP contribution is -2.19. The smallest absolute Gasteiger partial charge is 0.422 e. The van der Waals surface area contributed by atoms with Crippen LogP contribution in [0.4, 0.5) is 18.9 Å². The predicted molar refractivity (Wildman–Crippen MR) is 79.9 cm³/mol. The third kappa shape index (κ3) is 4.88. The van der Waals surface area contributed by atoms with E-state index in [1.807, 2.05) is 6.92 Å². The van der Waals surface area contributed by atoms with Crippen molar-refractivity contribution in [1.82, 2.24) is 10.2 Å². The van der Waals surface area contributed by atoms with Crippen molar-refractivity contribution in [1.29, 1.82) is 0 Å². The van der Waals surface area contributed by atoms with E-state index in [4.69, 9.17) is 11.6 Å². The van der Waals surface area contributed by atoms with Gasteiger partial charge in [0, 0.05) is 6.04 Å². The molecule has 2 rings (SSSR count). The van der Waals surface area contributed by atoms with Gasteiger partial charge < -0.3 is 10.1 Å². The molecular formula is C14H13ClF3N3O2. The van der Waals surface area contributed by atoms with E-state index in [1.165, 1.54) is 18.3 Å². The lowest BCUT2D eigenvalue weighted by atomic mass is 10.1. The van der Waals surface area contributed by atoms with Crippen molar-refractivity contribution in [2.75, 3.05) is 11.9 Å². The molecule has 0 spiro atoms. The average molecular weight is 348 g/mol. The van der Waals surface area contributed by atoms with Crippen molar-refractivity contribution < 1.29 is 17.9 Å². The molecule has 124 valence electrons. The van der Waals surface area contributed by atoms with Crippen molar-refractivity contribution in [2.45, 2.75) is 19.1 Å². The summed E-state index contributed by atoms with van der Waals surface area (Å²) in [5.74, 6) is 0.120. The molecule has 1 aromatic carbocycles. The summed E-state index contributed by atoms with van der Waals surface area (Å²) < 4.78 is 40.9. The second-order valence-corrected chi connectivity index (χ2v) is 5.14. The van der Waals surface area contributed by atoms with Gasteiger partial charge in [0.05, 0.1) is 11.9 Å². The van der Waals surface area contributed by atoms with Gasteiger partial charge in [-0.3, -0.25) is 4.79 Å².